The first-order chi connectivity index (χ1) is 20.9. The number of benzene rings is 4. The molecule has 8 nitrogen and oxygen atoms in total. The van der Waals surface area contributed by atoms with Gasteiger partial charge < -0.3 is 15.3 Å². The zero-order valence-electron chi connectivity index (χ0n) is 23.9. The molecule has 1 aromatic heterocycles. The highest BCUT2D eigenvalue weighted by molar-refractivity contribution is 5.89. The van der Waals surface area contributed by atoms with Crippen molar-refractivity contribution in [3.05, 3.63) is 148 Å². The predicted molar refractivity (Wildman–Crippen MR) is 169 cm³/mol. The quantitative estimate of drug-likeness (QED) is 0.102. The van der Waals surface area contributed by atoms with Crippen LogP contribution in [0.1, 0.15) is 35.1 Å². The summed E-state index contributed by atoms with van der Waals surface area (Å²) >= 11 is 0. The van der Waals surface area contributed by atoms with Gasteiger partial charge in [-0.1, -0.05) is 103 Å². The van der Waals surface area contributed by atoms with Gasteiger partial charge in [0.15, 0.2) is 0 Å². The fourth-order valence-electron chi connectivity index (χ4n) is 5.53. The number of nitrogens with one attached hydrogen (secondary N) is 1. The normalized spacial score (nSPS) is 13.1. The number of carbonyl (C=O) groups excluding carboxylic acids is 1. The molecule has 0 fully saturated rings. The van der Waals surface area contributed by atoms with Crippen molar-refractivity contribution in [1.29, 1.82) is 0 Å². The second kappa shape index (κ2) is 13.6. The number of hydrogen-bond donors (Lipinski definition) is 3. The first-order valence-corrected chi connectivity index (χ1v) is 14.1. The van der Waals surface area contributed by atoms with Gasteiger partial charge in [-0.05, 0) is 35.7 Å². The second-order valence-corrected chi connectivity index (χ2v) is 10.5. The maximum Gasteiger partial charge on any atom is 0.343 e. The first kappa shape index (κ1) is 29.3. The maximum absolute atomic E-state index is 13.7. The van der Waals surface area contributed by atoms with Gasteiger partial charge in [0.05, 0.1) is 10.9 Å². The molecule has 4 aromatic carbocycles. The third-order valence-corrected chi connectivity index (χ3v) is 7.52. The monoisotopic (exact) mass is 574 g/mol. The Hall–Kier alpha value is -5.21. The molecule has 2 atom stereocenters. The van der Waals surface area contributed by atoms with Crippen LogP contribution in [0.15, 0.2) is 130 Å². The van der Waals surface area contributed by atoms with Gasteiger partial charge in [0.1, 0.15) is 11.3 Å². The molecule has 0 bridgehead atoms. The average molecular weight is 575 g/mol. The van der Waals surface area contributed by atoms with Crippen LogP contribution in [-0.4, -0.2) is 28.3 Å². The number of hydrogen-bond acceptors (Lipinski definition) is 6. The van der Waals surface area contributed by atoms with E-state index in [9.17, 15) is 14.7 Å². The van der Waals surface area contributed by atoms with Gasteiger partial charge in [0.2, 0.25) is 0 Å². The number of fused-ring (bicyclic) bond motifs is 1. The van der Waals surface area contributed by atoms with E-state index in [1.54, 1.807) is 31.2 Å². The molecular weight excluding hydrogens is 540 g/mol. The Balaban J connectivity index is 1.67. The van der Waals surface area contributed by atoms with Crippen molar-refractivity contribution in [2.75, 3.05) is 6.54 Å². The smallest absolute Gasteiger partial charge is 0.343 e. The van der Waals surface area contributed by atoms with E-state index in [2.05, 4.69) is 39.7 Å². The predicted octanol–water partition coefficient (Wildman–Crippen LogP) is 5.99. The zero-order chi connectivity index (χ0) is 30.2. The lowest BCUT2D eigenvalue weighted by Gasteiger charge is -2.33. The Morgan fingerprint density at radius 1 is 0.860 bits per heavy atom. The molecule has 5 rings (SSSR count). The molecule has 5 aromatic rings. The molecule has 0 unspecified atom stereocenters. The highest BCUT2D eigenvalue weighted by atomic mass is 16.4. The van der Waals surface area contributed by atoms with E-state index in [0.29, 0.717) is 36.3 Å². The molecule has 0 radical (unpaired) electrons. The lowest BCUT2D eigenvalue weighted by Crippen LogP contribution is -2.38. The lowest BCUT2D eigenvalue weighted by atomic mass is 9.78. The highest BCUT2D eigenvalue weighted by Gasteiger charge is 2.35. The van der Waals surface area contributed by atoms with Gasteiger partial charge in [-0.2, -0.15) is 5.10 Å². The number of nitrogens with zero attached hydrogens (tertiary/aromatic N) is 2. The van der Waals surface area contributed by atoms with Crippen LogP contribution < -0.4 is 16.8 Å². The molecular formula is C35H34N4O4. The standard InChI is InChI=1S/C35H34N4O4/c1-24(37-38-35(36)42)29(23-39(21-25-13-5-2-6-14-25)22-26-15-7-3-8-16-26)31(27-17-9-4-10-18-27)32-33(40)28-19-11-12-20-30(28)43-34(32)41/h2-20,29,31,40H,21-23H2,1H3,(H3,36,38,42)/b37-24-/t29-,31+/m1/s1. The van der Waals surface area contributed by atoms with Crippen LogP contribution in [0.2, 0.25) is 0 Å². The first-order valence-electron chi connectivity index (χ1n) is 14.1. The van der Waals surface area contributed by atoms with Gasteiger partial charge in [0.25, 0.3) is 0 Å². The summed E-state index contributed by atoms with van der Waals surface area (Å²) in [5, 5.41) is 16.4. The summed E-state index contributed by atoms with van der Waals surface area (Å²) in [5.41, 5.74) is 11.1. The van der Waals surface area contributed by atoms with Gasteiger partial charge in [-0.25, -0.2) is 15.0 Å². The van der Waals surface area contributed by atoms with Crippen LogP contribution in [0, 0.1) is 5.92 Å². The molecule has 1 heterocycles. The molecule has 43 heavy (non-hydrogen) atoms. The third kappa shape index (κ3) is 7.17. The third-order valence-electron chi connectivity index (χ3n) is 7.52. The lowest BCUT2D eigenvalue weighted by molar-refractivity contribution is 0.228. The maximum atomic E-state index is 13.7. The Kier molecular flexibility index (Phi) is 9.29. The molecule has 0 aliphatic carbocycles. The largest absolute Gasteiger partial charge is 0.507 e. The summed E-state index contributed by atoms with van der Waals surface area (Å²) in [6.45, 7) is 3.44. The minimum atomic E-state index is -0.798. The summed E-state index contributed by atoms with van der Waals surface area (Å²) in [4.78, 5) is 27.6. The van der Waals surface area contributed by atoms with Crippen molar-refractivity contribution < 1.29 is 14.3 Å². The fourth-order valence-corrected chi connectivity index (χ4v) is 5.53. The Morgan fingerprint density at radius 3 is 1.98 bits per heavy atom. The van der Waals surface area contributed by atoms with Gasteiger partial charge in [-0.3, -0.25) is 4.90 Å². The van der Waals surface area contributed by atoms with Crippen LogP contribution in [0.4, 0.5) is 4.79 Å². The van der Waals surface area contributed by atoms with Crippen LogP contribution in [0.5, 0.6) is 5.75 Å². The molecule has 0 aliphatic heterocycles. The molecule has 2 amide bonds. The fraction of sp³-hybridized carbons (Fsp3) is 0.171. The summed E-state index contributed by atoms with van der Waals surface area (Å²) < 4.78 is 5.74. The van der Waals surface area contributed by atoms with E-state index < -0.39 is 23.5 Å². The summed E-state index contributed by atoms with van der Waals surface area (Å²) in [7, 11) is 0. The number of aromatic hydroxyl groups is 1. The molecule has 4 N–H and O–H groups in total. The van der Waals surface area contributed by atoms with Crippen molar-refractivity contribution in [3.8, 4) is 5.75 Å². The number of hydrazone groups is 1. The highest BCUT2D eigenvalue weighted by Crippen LogP contribution is 2.39. The van der Waals surface area contributed by atoms with E-state index in [1.807, 2.05) is 66.7 Å². The number of primary amides is 1. The molecule has 8 heteroatoms. The number of nitrogens with two attached hydrogens (primary N) is 1. The molecule has 218 valence electrons. The van der Waals surface area contributed by atoms with Crippen LogP contribution in [0.25, 0.3) is 11.0 Å². The van der Waals surface area contributed by atoms with Crippen molar-refractivity contribution >= 4 is 22.7 Å². The molecule has 0 spiro atoms. The van der Waals surface area contributed by atoms with E-state index in [0.717, 1.165) is 16.7 Å². The Bertz CT molecular complexity index is 1710. The molecule has 0 saturated carbocycles. The van der Waals surface area contributed by atoms with E-state index in [-0.39, 0.29) is 11.3 Å². The SMILES string of the molecule is C/C(=N/NC(N)=O)[C@@H](CN(Cc1ccccc1)Cc1ccccc1)[C@H](c1ccccc1)c1c(O)c2ccccc2oc1=O. The van der Waals surface area contributed by atoms with E-state index in [1.165, 1.54) is 0 Å². The van der Waals surface area contributed by atoms with Gasteiger partial charge >= 0.3 is 11.7 Å². The van der Waals surface area contributed by atoms with Crippen molar-refractivity contribution in [2.24, 2.45) is 16.8 Å². The molecule has 0 aliphatic rings. The average Bonchev–Trinajstić information content (AvgIpc) is 3.02. The van der Waals surface area contributed by atoms with E-state index >= 15 is 0 Å². The van der Waals surface area contributed by atoms with Gasteiger partial charge in [-0.15, -0.1) is 0 Å². The summed E-state index contributed by atoms with van der Waals surface area (Å²) in [6, 6.07) is 35.9. The number of para-hydroxylation sites is 1. The summed E-state index contributed by atoms with van der Waals surface area (Å²) in [6.07, 6.45) is 0. The number of amides is 2. The number of carbonyl (C=O) groups is 1. The van der Waals surface area contributed by atoms with Crippen molar-refractivity contribution in [3.63, 3.8) is 0 Å². The van der Waals surface area contributed by atoms with Crippen molar-refractivity contribution in [1.82, 2.24) is 10.3 Å². The number of rotatable bonds is 11. The minimum Gasteiger partial charge on any atom is -0.507 e. The zero-order valence-corrected chi connectivity index (χ0v) is 23.9. The topological polar surface area (TPSA) is 121 Å². The minimum absolute atomic E-state index is 0.128. The number of urea groups is 1. The van der Waals surface area contributed by atoms with Crippen LogP contribution in [0.3, 0.4) is 0 Å². The van der Waals surface area contributed by atoms with Crippen LogP contribution in [-0.2, 0) is 13.1 Å². The second-order valence-electron chi connectivity index (χ2n) is 10.5. The Morgan fingerprint density at radius 2 is 1.40 bits per heavy atom. The Labute approximate surface area is 250 Å². The molecule has 0 saturated heterocycles. The van der Waals surface area contributed by atoms with Crippen molar-refractivity contribution in [2.45, 2.75) is 25.9 Å². The summed E-state index contributed by atoms with van der Waals surface area (Å²) in [5.74, 6) is -1.30. The van der Waals surface area contributed by atoms with Gasteiger partial charge in [0, 0.05) is 37.2 Å². The van der Waals surface area contributed by atoms with E-state index in [4.69, 9.17) is 10.2 Å². The van der Waals surface area contributed by atoms with Crippen LogP contribution >= 0.6 is 0 Å².